The van der Waals surface area contributed by atoms with Crippen LogP contribution in [0.5, 0.6) is 0 Å². The molecule has 0 atom stereocenters. The fraction of sp³-hybridized carbons (Fsp3) is 0.923. The van der Waals surface area contributed by atoms with E-state index in [0.29, 0.717) is 6.42 Å². The molecule has 0 aromatic rings. The van der Waals surface area contributed by atoms with E-state index in [4.69, 9.17) is 4.74 Å². The lowest BCUT2D eigenvalue weighted by atomic mass is 10.0. The SMILES string of the molecule is CC1(C)CNCCC(=O)N1CCN1CCOCC1. The van der Waals surface area contributed by atoms with E-state index >= 15 is 0 Å². The second-order valence-electron chi connectivity index (χ2n) is 5.74. The molecule has 0 bridgehead atoms. The van der Waals surface area contributed by atoms with Gasteiger partial charge in [-0.1, -0.05) is 0 Å². The Morgan fingerprint density at radius 2 is 2.00 bits per heavy atom. The quantitative estimate of drug-likeness (QED) is 0.766. The average molecular weight is 255 g/mol. The highest BCUT2D eigenvalue weighted by atomic mass is 16.5. The fourth-order valence-electron chi connectivity index (χ4n) is 2.65. The summed E-state index contributed by atoms with van der Waals surface area (Å²) in [4.78, 5) is 16.6. The molecule has 5 heteroatoms. The Labute approximate surface area is 109 Å². The first-order chi connectivity index (χ1) is 8.59. The standard InChI is InChI=1S/C13H25N3O2/c1-13(2)11-14-4-3-12(17)16(13)6-5-15-7-9-18-10-8-15/h14H,3-11H2,1-2H3. The molecule has 104 valence electrons. The predicted molar refractivity (Wildman–Crippen MR) is 70.5 cm³/mol. The number of carbonyl (C=O) groups excluding carboxylic acids is 1. The Hall–Kier alpha value is -0.650. The molecule has 2 saturated heterocycles. The van der Waals surface area contributed by atoms with Crippen LogP contribution in [0.25, 0.3) is 0 Å². The second kappa shape index (κ2) is 5.99. The van der Waals surface area contributed by atoms with Gasteiger partial charge in [0.15, 0.2) is 0 Å². The molecule has 1 N–H and O–H groups in total. The molecule has 2 rings (SSSR count). The number of rotatable bonds is 3. The Kier molecular flexibility index (Phi) is 4.59. The Bertz CT molecular complexity index is 288. The highest BCUT2D eigenvalue weighted by molar-refractivity contribution is 5.77. The molecule has 2 aliphatic heterocycles. The zero-order valence-electron chi connectivity index (χ0n) is 11.6. The van der Waals surface area contributed by atoms with Crippen molar-refractivity contribution in [3.05, 3.63) is 0 Å². The van der Waals surface area contributed by atoms with Crippen LogP contribution in [0.3, 0.4) is 0 Å². The molecule has 0 aromatic carbocycles. The fourth-order valence-corrected chi connectivity index (χ4v) is 2.65. The minimum Gasteiger partial charge on any atom is -0.379 e. The maximum Gasteiger partial charge on any atom is 0.224 e. The Morgan fingerprint density at radius 1 is 1.28 bits per heavy atom. The van der Waals surface area contributed by atoms with Crippen molar-refractivity contribution in [3.8, 4) is 0 Å². The first-order valence-corrected chi connectivity index (χ1v) is 6.91. The van der Waals surface area contributed by atoms with Gasteiger partial charge in [0.25, 0.3) is 0 Å². The molecule has 0 saturated carbocycles. The third kappa shape index (κ3) is 3.43. The summed E-state index contributed by atoms with van der Waals surface area (Å²) in [6.07, 6.45) is 0.618. The molecule has 2 heterocycles. The van der Waals surface area contributed by atoms with Crippen LogP contribution in [0, 0.1) is 0 Å². The summed E-state index contributed by atoms with van der Waals surface area (Å²) < 4.78 is 5.34. The number of nitrogens with zero attached hydrogens (tertiary/aromatic N) is 2. The molecule has 0 spiro atoms. The second-order valence-corrected chi connectivity index (χ2v) is 5.74. The number of amides is 1. The van der Waals surface area contributed by atoms with Gasteiger partial charge in [-0.2, -0.15) is 0 Å². The van der Waals surface area contributed by atoms with E-state index in [1.165, 1.54) is 0 Å². The lowest BCUT2D eigenvalue weighted by Gasteiger charge is -2.39. The number of hydrogen-bond acceptors (Lipinski definition) is 4. The molecule has 0 unspecified atom stereocenters. The summed E-state index contributed by atoms with van der Waals surface area (Å²) in [5.74, 6) is 0.276. The summed E-state index contributed by atoms with van der Waals surface area (Å²) >= 11 is 0. The minimum atomic E-state index is -0.0835. The molecule has 5 nitrogen and oxygen atoms in total. The highest BCUT2D eigenvalue weighted by Crippen LogP contribution is 2.17. The van der Waals surface area contributed by atoms with Crippen molar-refractivity contribution in [2.45, 2.75) is 25.8 Å². The summed E-state index contributed by atoms with van der Waals surface area (Å²) in [6.45, 7) is 11.4. The largest absolute Gasteiger partial charge is 0.379 e. The van der Waals surface area contributed by atoms with Gasteiger partial charge >= 0.3 is 0 Å². The summed E-state index contributed by atoms with van der Waals surface area (Å²) in [5, 5.41) is 3.34. The molecule has 0 aromatic heterocycles. The molecule has 2 aliphatic rings. The molecule has 0 aliphatic carbocycles. The van der Waals surface area contributed by atoms with E-state index in [-0.39, 0.29) is 11.4 Å². The van der Waals surface area contributed by atoms with Gasteiger partial charge in [-0.25, -0.2) is 0 Å². The molecule has 0 radical (unpaired) electrons. The number of nitrogens with one attached hydrogen (secondary N) is 1. The van der Waals surface area contributed by atoms with E-state index < -0.39 is 0 Å². The van der Waals surface area contributed by atoms with Crippen LogP contribution in [-0.4, -0.2) is 73.7 Å². The van der Waals surface area contributed by atoms with Gasteiger partial charge in [-0.05, 0) is 13.8 Å². The molecule has 18 heavy (non-hydrogen) atoms. The maximum absolute atomic E-state index is 12.1. The van der Waals surface area contributed by atoms with Crippen LogP contribution in [-0.2, 0) is 9.53 Å². The van der Waals surface area contributed by atoms with E-state index in [1.54, 1.807) is 0 Å². The smallest absolute Gasteiger partial charge is 0.224 e. The zero-order chi connectivity index (χ0) is 13.0. The Balaban J connectivity index is 1.89. The van der Waals surface area contributed by atoms with Gasteiger partial charge in [0, 0.05) is 51.2 Å². The van der Waals surface area contributed by atoms with Crippen LogP contribution in [0.2, 0.25) is 0 Å². The van der Waals surface area contributed by atoms with E-state index in [1.807, 2.05) is 4.90 Å². The van der Waals surface area contributed by atoms with Crippen LogP contribution in [0.15, 0.2) is 0 Å². The third-order valence-electron chi connectivity index (χ3n) is 3.85. The van der Waals surface area contributed by atoms with E-state index in [9.17, 15) is 4.79 Å². The van der Waals surface area contributed by atoms with Gasteiger partial charge in [-0.3, -0.25) is 9.69 Å². The third-order valence-corrected chi connectivity index (χ3v) is 3.85. The van der Waals surface area contributed by atoms with Crippen LogP contribution in [0.1, 0.15) is 20.3 Å². The van der Waals surface area contributed by atoms with Crippen molar-refractivity contribution >= 4 is 5.91 Å². The number of carbonyl (C=O) groups is 1. The van der Waals surface area contributed by atoms with Gasteiger partial charge in [-0.15, -0.1) is 0 Å². The zero-order valence-corrected chi connectivity index (χ0v) is 11.6. The first-order valence-electron chi connectivity index (χ1n) is 6.91. The van der Waals surface area contributed by atoms with Crippen LogP contribution < -0.4 is 5.32 Å². The first kappa shape index (κ1) is 13.8. The maximum atomic E-state index is 12.1. The normalized spacial score (nSPS) is 26.1. The van der Waals surface area contributed by atoms with Gasteiger partial charge in [0.1, 0.15) is 0 Å². The summed E-state index contributed by atoms with van der Waals surface area (Å²) in [7, 11) is 0. The summed E-state index contributed by atoms with van der Waals surface area (Å²) in [6, 6.07) is 0. The van der Waals surface area contributed by atoms with Crippen LogP contribution >= 0.6 is 0 Å². The molecule has 2 fully saturated rings. The van der Waals surface area contributed by atoms with Crippen molar-refractivity contribution in [1.82, 2.24) is 15.1 Å². The summed E-state index contributed by atoms with van der Waals surface area (Å²) in [5.41, 5.74) is -0.0835. The topological polar surface area (TPSA) is 44.8 Å². The predicted octanol–water partition coefficient (Wildman–Crippen LogP) is -0.0809. The van der Waals surface area contributed by atoms with E-state index in [2.05, 4.69) is 24.1 Å². The lowest BCUT2D eigenvalue weighted by Crippen LogP contribution is -2.53. The minimum absolute atomic E-state index is 0.0835. The van der Waals surface area contributed by atoms with Crippen molar-refractivity contribution < 1.29 is 9.53 Å². The van der Waals surface area contributed by atoms with E-state index in [0.717, 1.165) is 52.5 Å². The molecule has 1 amide bonds. The molecular weight excluding hydrogens is 230 g/mol. The van der Waals surface area contributed by atoms with Crippen molar-refractivity contribution in [2.24, 2.45) is 0 Å². The lowest BCUT2D eigenvalue weighted by molar-refractivity contribution is -0.135. The Morgan fingerprint density at radius 3 is 2.72 bits per heavy atom. The number of ether oxygens (including phenoxy) is 1. The van der Waals surface area contributed by atoms with Gasteiger partial charge < -0.3 is 15.0 Å². The van der Waals surface area contributed by atoms with Crippen molar-refractivity contribution in [2.75, 3.05) is 52.5 Å². The monoisotopic (exact) mass is 255 g/mol. The van der Waals surface area contributed by atoms with Gasteiger partial charge in [0.2, 0.25) is 5.91 Å². The van der Waals surface area contributed by atoms with Crippen molar-refractivity contribution in [3.63, 3.8) is 0 Å². The highest BCUT2D eigenvalue weighted by Gasteiger charge is 2.32. The number of morpholine rings is 1. The van der Waals surface area contributed by atoms with Crippen LogP contribution in [0.4, 0.5) is 0 Å². The van der Waals surface area contributed by atoms with Crippen molar-refractivity contribution in [1.29, 1.82) is 0 Å². The number of hydrogen-bond donors (Lipinski definition) is 1. The van der Waals surface area contributed by atoms with Gasteiger partial charge in [0.05, 0.1) is 13.2 Å². The molecular formula is C13H25N3O2. The average Bonchev–Trinajstić information content (AvgIpc) is 2.47.